The molecule has 28 heavy (non-hydrogen) atoms. The average Bonchev–Trinajstić information content (AvgIpc) is 2.98. The first-order chi connectivity index (χ1) is 13.0. The smallest absolute Gasteiger partial charge is 0.426 e. The number of alkyl halides is 3. The molecule has 0 unspecified atom stereocenters. The number of thiophene rings is 1. The molecule has 2 atom stereocenters. The molecule has 3 rings (SSSR count). The van der Waals surface area contributed by atoms with Crippen LogP contribution in [0.3, 0.4) is 0 Å². The second-order valence-electron chi connectivity index (χ2n) is 7.51. The van der Waals surface area contributed by atoms with Crippen LogP contribution in [0.25, 0.3) is 10.4 Å². The topological polar surface area (TPSA) is 26.3 Å². The van der Waals surface area contributed by atoms with Crippen LogP contribution in [0.15, 0.2) is 46.8 Å². The van der Waals surface area contributed by atoms with Crippen LogP contribution in [0.1, 0.15) is 25.0 Å². The van der Waals surface area contributed by atoms with Gasteiger partial charge in [-0.2, -0.15) is 13.2 Å². The molecule has 1 aliphatic carbocycles. The molecule has 1 fully saturated rings. The Morgan fingerprint density at radius 3 is 2.61 bits per heavy atom. The van der Waals surface area contributed by atoms with E-state index in [0.717, 1.165) is 27.6 Å². The van der Waals surface area contributed by atoms with Crippen molar-refractivity contribution in [3.8, 4) is 10.4 Å². The largest absolute Gasteiger partial charge is 0.461 e. The van der Waals surface area contributed by atoms with E-state index in [1.54, 1.807) is 25.2 Å². The number of hydrogen-bond donors (Lipinski definition) is 0. The maximum absolute atomic E-state index is 12.7. The summed E-state index contributed by atoms with van der Waals surface area (Å²) >= 11 is 6.96. The van der Waals surface area contributed by atoms with Gasteiger partial charge in [-0.15, -0.1) is 11.3 Å². The number of rotatable bonds is 5. The molecule has 0 amide bonds. The average molecular weight is 429 g/mol. The Morgan fingerprint density at radius 1 is 1.29 bits per heavy atom. The molecule has 1 aromatic heterocycles. The number of benzene rings is 1. The molecule has 2 nitrogen and oxygen atoms in total. The molecule has 2 aromatic rings. The van der Waals surface area contributed by atoms with Crippen molar-refractivity contribution in [2.45, 2.75) is 33.6 Å². The van der Waals surface area contributed by atoms with E-state index in [2.05, 4.69) is 0 Å². The summed E-state index contributed by atoms with van der Waals surface area (Å²) in [6.45, 7) is 5.53. The maximum Gasteiger partial charge on any atom is 0.426 e. The lowest BCUT2D eigenvalue weighted by Gasteiger charge is -2.11. The third-order valence-electron chi connectivity index (χ3n) is 5.36. The van der Waals surface area contributed by atoms with Crippen LogP contribution < -0.4 is 0 Å². The quantitative estimate of drug-likeness (QED) is 0.494. The Morgan fingerprint density at radius 2 is 2.00 bits per heavy atom. The Balaban J connectivity index is 1.69. The Kier molecular flexibility index (Phi) is 5.65. The fourth-order valence-corrected chi connectivity index (χ4v) is 4.41. The highest BCUT2D eigenvalue weighted by Gasteiger charge is 2.62. The molecule has 1 aromatic carbocycles. The summed E-state index contributed by atoms with van der Waals surface area (Å²) < 4.78 is 43.5. The van der Waals surface area contributed by atoms with Gasteiger partial charge in [0.2, 0.25) is 0 Å². The van der Waals surface area contributed by atoms with E-state index in [4.69, 9.17) is 16.3 Å². The molecule has 150 valence electrons. The molecule has 0 radical (unpaired) electrons. The SMILES string of the molecule is Cc1c(COC(=O)[C@H]2[C@@H](C=C(Cl)C(F)(F)F)C2(C)C)cccc1-c1cccs1. The Labute approximate surface area is 171 Å². The van der Waals surface area contributed by atoms with Crippen molar-refractivity contribution in [3.05, 3.63) is 57.9 Å². The minimum atomic E-state index is -4.60. The number of esters is 1. The lowest BCUT2D eigenvalue weighted by atomic mass is 10.0. The van der Waals surface area contributed by atoms with Crippen LogP contribution in [0.2, 0.25) is 0 Å². The molecule has 0 N–H and O–H groups in total. The lowest BCUT2D eigenvalue weighted by Crippen LogP contribution is -2.11. The Bertz CT molecular complexity index is 901. The van der Waals surface area contributed by atoms with E-state index < -0.39 is 34.4 Å². The van der Waals surface area contributed by atoms with Gasteiger partial charge in [0.25, 0.3) is 0 Å². The van der Waals surface area contributed by atoms with Crippen molar-refractivity contribution < 1.29 is 22.7 Å². The number of carbonyl (C=O) groups is 1. The molecule has 1 saturated carbocycles. The highest BCUT2D eigenvalue weighted by atomic mass is 35.5. The molecule has 0 spiro atoms. The summed E-state index contributed by atoms with van der Waals surface area (Å²) in [5.41, 5.74) is 2.35. The molecular weight excluding hydrogens is 409 g/mol. The highest BCUT2D eigenvalue weighted by Crippen LogP contribution is 2.60. The second kappa shape index (κ2) is 7.56. The van der Waals surface area contributed by atoms with Crippen molar-refractivity contribution in [1.29, 1.82) is 0 Å². The normalized spacial score (nSPS) is 21.5. The first-order valence-electron chi connectivity index (χ1n) is 8.77. The number of carbonyl (C=O) groups excluding carboxylic acids is 1. The van der Waals surface area contributed by atoms with Crippen molar-refractivity contribution in [2.75, 3.05) is 0 Å². The molecule has 7 heteroatoms. The number of hydrogen-bond acceptors (Lipinski definition) is 3. The van der Waals surface area contributed by atoms with Crippen LogP contribution in [0.5, 0.6) is 0 Å². The van der Waals surface area contributed by atoms with Crippen LogP contribution in [-0.2, 0) is 16.1 Å². The zero-order valence-electron chi connectivity index (χ0n) is 15.6. The Hall–Kier alpha value is -1.79. The fraction of sp³-hybridized carbons (Fsp3) is 0.381. The monoisotopic (exact) mass is 428 g/mol. The van der Waals surface area contributed by atoms with Gasteiger partial charge in [0, 0.05) is 4.88 Å². The van der Waals surface area contributed by atoms with Crippen molar-refractivity contribution >= 4 is 28.9 Å². The van der Waals surface area contributed by atoms with Crippen molar-refractivity contribution in [1.82, 2.24) is 0 Å². The molecular formula is C21H20ClF3O2S. The van der Waals surface area contributed by atoms with Crippen LogP contribution in [-0.4, -0.2) is 12.1 Å². The predicted octanol–water partition coefficient (Wildman–Crippen LogP) is 6.72. The standard InChI is InChI=1S/C21H20ClF3O2S/c1-12-13(6-4-7-14(12)16-8-5-9-28-16)11-27-19(26)18-15(20(18,2)3)10-17(22)21(23,24)25/h4-10,15,18H,11H2,1-3H3/t15-,18-/m1/s1. The third-order valence-corrected chi connectivity index (χ3v) is 6.61. The minimum absolute atomic E-state index is 0.0832. The van der Waals surface area contributed by atoms with Gasteiger partial charge >= 0.3 is 12.1 Å². The number of ether oxygens (including phenoxy) is 1. The van der Waals surface area contributed by atoms with E-state index in [-0.39, 0.29) is 6.61 Å². The summed E-state index contributed by atoms with van der Waals surface area (Å²) in [6.07, 6.45) is -3.68. The third kappa shape index (κ3) is 4.13. The molecule has 0 saturated heterocycles. The van der Waals surface area contributed by atoms with Crippen molar-refractivity contribution in [3.63, 3.8) is 0 Å². The summed E-state index contributed by atoms with van der Waals surface area (Å²) in [6, 6.07) is 9.80. The van der Waals surface area contributed by atoms with E-state index in [0.29, 0.717) is 0 Å². The fourth-order valence-electron chi connectivity index (χ4n) is 3.47. The van der Waals surface area contributed by atoms with Gasteiger partial charge in [0.15, 0.2) is 0 Å². The summed E-state index contributed by atoms with van der Waals surface area (Å²) in [7, 11) is 0. The summed E-state index contributed by atoms with van der Waals surface area (Å²) in [5, 5.41) is 0.802. The van der Waals surface area contributed by atoms with Gasteiger partial charge in [-0.1, -0.05) is 55.8 Å². The van der Waals surface area contributed by atoms with Gasteiger partial charge in [-0.05, 0) is 46.4 Å². The number of halogens is 4. The van der Waals surface area contributed by atoms with Gasteiger partial charge in [0.1, 0.15) is 11.6 Å². The summed E-state index contributed by atoms with van der Waals surface area (Å²) in [5.74, 6) is -1.73. The molecule has 0 bridgehead atoms. The van der Waals surface area contributed by atoms with Crippen molar-refractivity contribution in [2.24, 2.45) is 17.3 Å². The first-order valence-corrected chi connectivity index (χ1v) is 10.0. The van der Waals surface area contributed by atoms with E-state index in [1.165, 1.54) is 0 Å². The second-order valence-corrected chi connectivity index (χ2v) is 8.87. The number of allylic oxidation sites excluding steroid dienone is 2. The van der Waals surface area contributed by atoms with Gasteiger partial charge in [-0.25, -0.2) is 0 Å². The molecule has 0 aliphatic heterocycles. The van der Waals surface area contributed by atoms with Crippen LogP contribution in [0, 0.1) is 24.2 Å². The molecule has 1 aliphatic rings. The predicted molar refractivity (Wildman–Crippen MR) is 105 cm³/mol. The van der Waals surface area contributed by atoms with Crippen LogP contribution in [0.4, 0.5) is 13.2 Å². The van der Waals surface area contributed by atoms with Gasteiger partial charge < -0.3 is 4.74 Å². The van der Waals surface area contributed by atoms with E-state index in [1.807, 2.05) is 42.6 Å². The zero-order valence-corrected chi connectivity index (χ0v) is 17.2. The summed E-state index contributed by atoms with van der Waals surface area (Å²) in [4.78, 5) is 13.6. The highest BCUT2D eigenvalue weighted by molar-refractivity contribution is 7.13. The van der Waals surface area contributed by atoms with Gasteiger partial charge in [-0.3, -0.25) is 4.79 Å². The van der Waals surface area contributed by atoms with E-state index >= 15 is 0 Å². The zero-order chi connectivity index (χ0) is 20.7. The first kappa shape index (κ1) is 20.9. The lowest BCUT2D eigenvalue weighted by molar-refractivity contribution is -0.147. The maximum atomic E-state index is 12.7. The van der Waals surface area contributed by atoms with Gasteiger partial charge in [0.05, 0.1) is 5.92 Å². The van der Waals surface area contributed by atoms with E-state index in [9.17, 15) is 18.0 Å². The van der Waals surface area contributed by atoms with Crippen LogP contribution >= 0.6 is 22.9 Å². The molecule has 1 heterocycles. The minimum Gasteiger partial charge on any atom is -0.461 e.